The summed E-state index contributed by atoms with van der Waals surface area (Å²) in [5.41, 5.74) is 3.41. The number of aromatic nitrogens is 1. The zero-order valence-electron chi connectivity index (χ0n) is 12.2. The molecule has 22 heavy (non-hydrogen) atoms. The number of anilines is 1. The molecule has 0 saturated carbocycles. The maximum atomic E-state index is 12.0. The van der Waals surface area contributed by atoms with Gasteiger partial charge in [-0.15, -0.1) is 0 Å². The van der Waals surface area contributed by atoms with Crippen LogP contribution in [0.5, 0.6) is 0 Å². The molecule has 3 heterocycles. The van der Waals surface area contributed by atoms with E-state index in [1.54, 1.807) is 0 Å². The van der Waals surface area contributed by atoms with Crippen LogP contribution in [-0.4, -0.2) is 29.0 Å². The summed E-state index contributed by atoms with van der Waals surface area (Å²) in [5.74, 6) is -0.352. The Morgan fingerprint density at radius 2 is 1.91 bits per heavy atom. The summed E-state index contributed by atoms with van der Waals surface area (Å²) < 4.78 is 2.18. The number of imide groups is 1. The predicted molar refractivity (Wildman–Crippen MR) is 83.0 cm³/mol. The summed E-state index contributed by atoms with van der Waals surface area (Å²) in [6, 6.07) is 11.9. The van der Waals surface area contributed by atoms with Gasteiger partial charge in [-0.25, -0.2) is 0 Å². The molecule has 2 amide bonds. The highest BCUT2D eigenvalue weighted by molar-refractivity contribution is 6.07. The number of amides is 2. The first-order chi connectivity index (χ1) is 10.7. The number of benzene rings is 1. The van der Waals surface area contributed by atoms with Crippen molar-refractivity contribution in [1.29, 1.82) is 0 Å². The number of nitrogens with zero attached hydrogens (tertiary/aromatic N) is 2. The van der Waals surface area contributed by atoms with Gasteiger partial charge in [0.05, 0.1) is 12.1 Å². The van der Waals surface area contributed by atoms with Crippen LogP contribution in [0, 0.1) is 0 Å². The first-order valence-corrected chi connectivity index (χ1v) is 7.60. The fourth-order valence-corrected chi connectivity index (χ4v) is 3.45. The van der Waals surface area contributed by atoms with Crippen LogP contribution in [0.15, 0.2) is 42.6 Å². The molecule has 0 spiro atoms. The van der Waals surface area contributed by atoms with Gasteiger partial charge in [0, 0.05) is 24.1 Å². The molecule has 1 aromatic carbocycles. The van der Waals surface area contributed by atoms with E-state index in [0.717, 1.165) is 30.8 Å². The number of hydrogen-bond donors (Lipinski definition) is 1. The SMILES string of the molecule is O=C1CC(N2CCCc3c2ccn3-c2ccccc2)C(=O)N1. The van der Waals surface area contributed by atoms with Crippen LogP contribution in [-0.2, 0) is 16.0 Å². The van der Waals surface area contributed by atoms with Crippen LogP contribution in [0.25, 0.3) is 5.69 Å². The molecule has 2 aliphatic heterocycles. The second kappa shape index (κ2) is 5.02. The number of carbonyl (C=O) groups excluding carboxylic acids is 2. The van der Waals surface area contributed by atoms with E-state index in [-0.39, 0.29) is 24.3 Å². The Bertz CT molecular complexity index is 736. The quantitative estimate of drug-likeness (QED) is 0.857. The van der Waals surface area contributed by atoms with E-state index in [9.17, 15) is 9.59 Å². The largest absolute Gasteiger partial charge is 0.358 e. The van der Waals surface area contributed by atoms with E-state index >= 15 is 0 Å². The first-order valence-electron chi connectivity index (χ1n) is 7.60. The van der Waals surface area contributed by atoms with Crippen molar-refractivity contribution in [2.75, 3.05) is 11.4 Å². The van der Waals surface area contributed by atoms with E-state index < -0.39 is 0 Å². The molecule has 1 fully saturated rings. The second-order valence-electron chi connectivity index (χ2n) is 5.78. The maximum Gasteiger partial charge on any atom is 0.249 e. The zero-order chi connectivity index (χ0) is 15.1. The lowest BCUT2D eigenvalue weighted by Crippen LogP contribution is -2.43. The van der Waals surface area contributed by atoms with Gasteiger partial charge in [-0.3, -0.25) is 14.9 Å². The fraction of sp³-hybridized carbons (Fsp3) is 0.294. The molecule has 5 heteroatoms. The molecule has 2 aromatic rings. The van der Waals surface area contributed by atoms with Gasteiger partial charge in [-0.05, 0) is 31.0 Å². The Labute approximate surface area is 128 Å². The van der Waals surface area contributed by atoms with Crippen molar-refractivity contribution in [3.05, 3.63) is 48.3 Å². The Balaban J connectivity index is 1.73. The number of carbonyl (C=O) groups is 2. The summed E-state index contributed by atoms with van der Waals surface area (Å²) in [6.45, 7) is 0.817. The summed E-state index contributed by atoms with van der Waals surface area (Å²) in [7, 11) is 0. The highest BCUT2D eigenvalue weighted by Gasteiger charge is 2.37. The van der Waals surface area contributed by atoms with E-state index in [1.165, 1.54) is 5.69 Å². The summed E-state index contributed by atoms with van der Waals surface area (Å²) in [5, 5.41) is 2.41. The van der Waals surface area contributed by atoms with Crippen LogP contribution in [0.2, 0.25) is 0 Å². The van der Waals surface area contributed by atoms with Crippen molar-refractivity contribution in [2.45, 2.75) is 25.3 Å². The van der Waals surface area contributed by atoms with Gasteiger partial charge in [0.2, 0.25) is 11.8 Å². The van der Waals surface area contributed by atoms with Crippen LogP contribution >= 0.6 is 0 Å². The fourth-order valence-electron chi connectivity index (χ4n) is 3.45. The van der Waals surface area contributed by atoms with E-state index in [4.69, 9.17) is 0 Å². The van der Waals surface area contributed by atoms with Crippen molar-refractivity contribution >= 4 is 17.5 Å². The molecule has 1 atom stereocenters. The summed E-state index contributed by atoms with van der Waals surface area (Å²) in [4.78, 5) is 25.6. The van der Waals surface area contributed by atoms with Gasteiger partial charge >= 0.3 is 0 Å². The Morgan fingerprint density at radius 3 is 2.64 bits per heavy atom. The molecule has 1 saturated heterocycles. The lowest BCUT2D eigenvalue weighted by atomic mass is 10.1. The lowest BCUT2D eigenvalue weighted by Gasteiger charge is -2.33. The van der Waals surface area contributed by atoms with E-state index in [0.29, 0.717) is 0 Å². The van der Waals surface area contributed by atoms with E-state index in [2.05, 4.69) is 33.0 Å². The van der Waals surface area contributed by atoms with Crippen molar-refractivity contribution in [3.63, 3.8) is 0 Å². The molecule has 0 bridgehead atoms. The van der Waals surface area contributed by atoms with Gasteiger partial charge < -0.3 is 9.47 Å². The molecule has 4 rings (SSSR count). The normalized spacial score (nSPS) is 20.9. The molecule has 0 radical (unpaired) electrons. The summed E-state index contributed by atoms with van der Waals surface area (Å²) in [6.07, 6.45) is 4.28. The van der Waals surface area contributed by atoms with Crippen molar-refractivity contribution < 1.29 is 9.59 Å². The molecule has 1 unspecified atom stereocenters. The van der Waals surface area contributed by atoms with Crippen LogP contribution in [0.1, 0.15) is 18.5 Å². The van der Waals surface area contributed by atoms with Gasteiger partial charge in [-0.1, -0.05) is 18.2 Å². The highest BCUT2D eigenvalue weighted by atomic mass is 16.2. The van der Waals surface area contributed by atoms with Crippen LogP contribution in [0.4, 0.5) is 5.69 Å². The third kappa shape index (κ3) is 2.01. The van der Waals surface area contributed by atoms with Gasteiger partial charge in [0.1, 0.15) is 6.04 Å². The highest BCUT2D eigenvalue weighted by Crippen LogP contribution is 2.33. The molecule has 1 aromatic heterocycles. The second-order valence-corrected chi connectivity index (χ2v) is 5.78. The van der Waals surface area contributed by atoms with Crippen molar-refractivity contribution in [2.24, 2.45) is 0 Å². The lowest BCUT2D eigenvalue weighted by molar-refractivity contribution is -0.125. The molecule has 0 aliphatic carbocycles. The minimum atomic E-state index is -0.363. The Kier molecular flexibility index (Phi) is 2.99. The molecule has 5 nitrogen and oxygen atoms in total. The number of nitrogens with one attached hydrogen (secondary N) is 1. The van der Waals surface area contributed by atoms with Gasteiger partial charge in [0.25, 0.3) is 0 Å². The van der Waals surface area contributed by atoms with Crippen LogP contribution in [0.3, 0.4) is 0 Å². The summed E-state index contributed by atoms with van der Waals surface area (Å²) >= 11 is 0. The Hall–Kier alpha value is -2.56. The number of fused-ring (bicyclic) bond motifs is 1. The third-order valence-corrected chi connectivity index (χ3v) is 4.44. The third-order valence-electron chi connectivity index (χ3n) is 4.44. The van der Waals surface area contributed by atoms with Crippen molar-refractivity contribution in [1.82, 2.24) is 9.88 Å². The monoisotopic (exact) mass is 295 g/mol. The number of hydrogen-bond acceptors (Lipinski definition) is 3. The smallest absolute Gasteiger partial charge is 0.249 e. The average molecular weight is 295 g/mol. The number of para-hydroxylation sites is 1. The standard InChI is InChI=1S/C17H17N3O2/c21-16-11-15(17(22)18-16)20-9-4-7-13-14(20)8-10-19(13)12-5-2-1-3-6-12/h1-3,5-6,8,10,15H,4,7,9,11H2,(H,18,21,22). The van der Waals surface area contributed by atoms with Gasteiger partial charge in [0.15, 0.2) is 0 Å². The first kappa shape index (κ1) is 13.1. The maximum absolute atomic E-state index is 12.0. The number of rotatable bonds is 2. The average Bonchev–Trinajstić information content (AvgIpc) is 3.11. The van der Waals surface area contributed by atoms with Crippen LogP contribution < -0.4 is 10.2 Å². The Morgan fingerprint density at radius 1 is 1.09 bits per heavy atom. The topological polar surface area (TPSA) is 54.3 Å². The predicted octanol–water partition coefficient (Wildman–Crippen LogP) is 1.64. The molecule has 2 aliphatic rings. The molecule has 112 valence electrons. The molecular formula is C17H17N3O2. The molecular weight excluding hydrogens is 278 g/mol. The minimum Gasteiger partial charge on any atom is -0.358 e. The zero-order valence-corrected chi connectivity index (χ0v) is 12.2. The minimum absolute atomic E-state index is 0.176. The van der Waals surface area contributed by atoms with E-state index in [1.807, 2.05) is 24.4 Å². The molecule has 1 N–H and O–H groups in total. The van der Waals surface area contributed by atoms with Gasteiger partial charge in [-0.2, -0.15) is 0 Å². The van der Waals surface area contributed by atoms with Crippen molar-refractivity contribution in [3.8, 4) is 5.69 Å².